The Kier molecular flexibility index (Phi) is 14.2. The predicted molar refractivity (Wildman–Crippen MR) is 56.5 cm³/mol. The van der Waals surface area contributed by atoms with Crippen LogP contribution in [0.25, 0.3) is 6.08 Å². The zero-order valence-corrected chi connectivity index (χ0v) is 19.7. The molecule has 2 N–H and O–H groups in total. The molecule has 0 aliphatic rings. The molecule has 1 aromatic rings. The van der Waals surface area contributed by atoms with E-state index in [1.807, 2.05) is 0 Å². The van der Waals surface area contributed by atoms with Crippen LogP contribution in [0.4, 0.5) is 0 Å². The molecule has 0 fully saturated rings. The monoisotopic (exact) mass is 360 g/mol. The second-order valence-electron chi connectivity index (χ2n) is 3.48. The minimum Gasteiger partial charge on any atom is -0.682 e. The first kappa shape index (κ1) is 28.3. The van der Waals surface area contributed by atoms with Gasteiger partial charge in [0, 0.05) is 0 Å². The van der Waals surface area contributed by atoms with Gasteiger partial charge in [-0.15, -0.1) is 0 Å². The third-order valence-corrected chi connectivity index (χ3v) is 5.87. The van der Waals surface area contributed by atoms with Gasteiger partial charge in [-0.3, -0.25) is 4.89 Å². The molecule has 0 spiro atoms. The van der Waals surface area contributed by atoms with Gasteiger partial charge in [0.05, 0.1) is 5.56 Å². The van der Waals surface area contributed by atoms with Crippen molar-refractivity contribution in [3.63, 3.8) is 0 Å². The molecule has 1 rings (SSSR count). The fourth-order valence-corrected chi connectivity index (χ4v) is 3.50. The first-order valence-electron chi connectivity index (χ1n) is 4.55. The molecule has 1 atom stereocenters. The molecule has 0 bridgehead atoms. The molecule has 0 saturated heterocycles. The molecule has 0 aromatic heterocycles. The summed E-state index contributed by atoms with van der Waals surface area (Å²) in [5.74, 6) is 0. The Hall–Kier alpha value is 2.54. The van der Waals surface area contributed by atoms with Gasteiger partial charge >= 0.3 is 88.7 Å². The molecule has 0 radical (unpaired) electrons. The molecule has 0 heterocycles. The quantitative estimate of drug-likeness (QED) is 0.399. The van der Waals surface area contributed by atoms with Crippen molar-refractivity contribution in [3.8, 4) is 0 Å². The van der Waals surface area contributed by atoms with Crippen LogP contribution < -0.4 is 113 Å². The van der Waals surface area contributed by atoms with Gasteiger partial charge < -0.3 is 29.6 Å². The van der Waals surface area contributed by atoms with Gasteiger partial charge in [0.2, 0.25) is 0 Å². The molecule has 0 aliphatic carbocycles. The minimum absolute atomic E-state index is 0. The van der Waals surface area contributed by atoms with Crippen LogP contribution in [0.5, 0.6) is 0 Å². The molecule has 0 aliphatic heterocycles. The van der Waals surface area contributed by atoms with Crippen LogP contribution >= 0.6 is 15.9 Å². The van der Waals surface area contributed by atoms with E-state index in [-0.39, 0.29) is 88.7 Å². The Bertz CT molecular complexity index is 430. The van der Waals surface area contributed by atoms with Crippen LogP contribution in [0.15, 0.2) is 30.8 Å². The van der Waals surface area contributed by atoms with Gasteiger partial charge in [0.1, 0.15) is 7.94 Å². The van der Waals surface area contributed by atoms with E-state index in [1.165, 1.54) is 18.2 Å². The van der Waals surface area contributed by atoms with Crippen molar-refractivity contribution in [2.45, 2.75) is 5.08 Å². The number of rotatable bonds is 4. The topological polar surface area (TPSA) is 156 Å². The molecule has 1 aromatic carbocycles. The zero-order chi connectivity index (χ0) is 14.2. The van der Waals surface area contributed by atoms with E-state index in [0.717, 1.165) is 12.1 Å². The largest absolute Gasteiger partial charge is 1.00 e. The van der Waals surface area contributed by atoms with E-state index in [2.05, 4.69) is 6.58 Å². The van der Waals surface area contributed by atoms with Gasteiger partial charge in [-0.1, -0.05) is 32.7 Å². The molecule has 21 heavy (non-hydrogen) atoms. The van der Waals surface area contributed by atoms with Gasteiger partial charge in [0.25, 0.3) is 5.08 Å². The Labute approximate surface area is 189 Å². The molecule has 1 unspecified atom stereocenters. The molecule has 0 saturated carbocycles. The molecule has 12 heteroatoms. The average Bonchev–Trinajstić information content (AvgIpc) is 2.25. The van der Waals surface area contributed by atoms with E-state index in [1.54, 1.807) is 0 Å². The first-order valence-corrected chi connectivity index (χ1v) is 7.67. The summed E-state index contributed by atoms with van der Waals surface area (Å²) in [5, 5.41) is 5.70. The molecular weight excluding hydrogens is 351 g/mol. The predicted octanol–water partition coefficient (Wildman–Crippen LogP) is -12.2. The van der Waals surface area contributed by atoms with E-state index in [9.17, 15) is 29.6 Å². The van der Waals surface area contributed by atoms with Crippen LogP contribution in [0.3, 0.4) is 0 Å². The molecule has 0 amide bonds. The third-order valence-electron chi connectivity index (χ3n) is 2.31. The van der Waals surface area contributed by atoms with Crippen molar-refractivity contribution in [1.82, 2.24) is 0 Å². The smallest absolute Gasteiger partial charge is 0.682 e. The fraction of sp³-hybridized carbons (Fsp3) is 0.111. The second kappa shape index (κ2) is 10.5. The number of hydrogen-bond donors (Lipinski definition) is 2. The summed E-state index contributed by atoms with van der Waals surface area (Å²) in [6.45, 7) is 3.41. The van der Waals surface area contributed by atoms with Gasteiger partial charge in [0.15, 0.2) is 0 Å². The second-order valence-corrected chi connectivity index (χ2v) is 7.16. The van der Waals surface area contributed by atoms with Crippen molar-refractivity contribution in [2.75, 3.05) is 0 Å². The Morgan fingerprint density at radius 1 is 0.952 bits per heavy atom. The summed E-state index contributed by atoms with van der Waals surface area (Å²) in [6.07, 6.45) is 1.38. The normalized spacial score (nSPS) is 13.9. The Morgan fingerprint density at radius 2 is 1.33 bits per heavy atom. The standard InChI is InChI=1S/C9H12O7P2.3Na/c1-2-7-3-5-8(6-4-7)9(10,17(11,12)13)18(14,15)16;;;/h2-6,10H,1H2,(H2,11,12,13)(H2,14,15,16);;;/q;3*+1/p-3. The first-order chi connectivity index (χ1) is 8.04. The summed E-state index contributed by atoms with van der Waals surface area (Å²) in [7, 11) is -11.9. The van der Waals surface area contributed by atoms with Crippen LogP contribution in [-0.4, -0.2) is 10.00 Å². The maximum atomic E-state index is 11.0. The third kappa shape index (κ3) is 6.40. The van der Waals surface area contributed by atoms with Crippen LogP contribution in [0, 0.1) is 0 Å². The molecule has 100 valence electrons. The van der Waals surface area contributed by atoms with Gasteiger partial charge in [-0.05, 0) is 17.7 Å². The zero-order valence-electron chi connectivity index (χ0n) is 11.9. The van der Waals surface area contributed by atoms with E-state index < -0.39 is 26.5 Å². The number of hydrogen-bond acceptors (Lipinski definition) is 7. The Balaban J connectivity index is -0.00000108. The SMILES string of the molecule is C=Cc1ccc(C(O)([P+]([O-])([O-])[O-])[P+]([O-])([O-])O)cc1.[Na+].[Na+].[Na+]. The fourth-order valence-electron chi connectivity index (χ4n) is 1.32. The van der Waals surface area contributed by atoms with Gasteiger partial charge in [-0.2, -0.15) is 0 Å². The molecule has 7 nitrogen and oxygen atoms in total. The average molecular weight is 360 g/mol. The minimum atomic E-state index is -6.05. The van der Waals surface area contributed by atoms with Crippen molar-refractivity contribution in [2.24, 2.45) is 0 Å². The van der Waals surface area contributed by atoms with E-state index >= 15 is 0 Å². The van der Waals surface area contributed by atoms with E-state index in [4.69, 9.17) is 4.89 Å². The summed E-state index contributed by atoms with van der Waals surface area (Å²) < 4.78 is 0. The van der Waals surface area contributed by atoms with Crippen molar-refractivity contribution < 1.29 is 123 Å². The number of aliphatic hydroxyl groups is 1. The summed E-state index contributed by atoms with van der Waals surface area (Å²) >= 11 is 0. The summed E-state index contributed by atoms with van der Waals surface area (Å²) in [6, 6.07) is 4.28. The maximum Gasteiger partial charge on any atom is 1.00 e. The molecular formula is C9H9Na3O7P2. The van der Waals surface area contributed by atoms with Crippen LogP contribution in [-0.2, 0) is 5.08 Å². The van der Waals surface area contributed by atoms with Crippen LogP contribution in [0.1, 0.15) is 11.1 Å². The van der Waals surface area contributed by atoms with Crippen molar-refractivity contribution in [1.29, 1.82) is 0 Å². The number of benzene rings is 1. The van der Waals surface area contributed by atoms with E-state index in [0.29, 0.717) is 5.56 Å². The van der Waals surface area contributed by atoms with Crippen molar-refractivity contribution in [3.05, 3.63) is 42.0 Å². The maximum absolute atomic E-state index is 11.0. The van der Waals surface area contributed by atoms with Crippen LogP contribution in [0.2, 0.25) is 0 Å². The summed E-state index contributed by atoms with van der Waals surface area (Å²) in [4.78, 5) is 63.6. The van der Waals surface area contributed by atoms with Crippen molar-refractivity contribution >= 4 is 22.0 Å². The van der Waals surface area contributed by atoms with Gasteiger partial charge in [-0.25, -0.2) is 0 Å². The summed E-state index contributed by atoms with van der Waals surface area (Å²) in [5.41, 5.74) is -0.242. The Morgan fingerprint density at radius 3 is 1.57 bits per heavy atom.